The van der Waals surface area contributed by atoms with Gasteiger partial charge in [0, 0.05) is 17.7 Å². The van der Waals surface area contributed by atoms with Crippen LogP contribution in [-0.4, -0.2) is 20.0 Å². The number of rotatable bonds is 4. The molecule has 2 aliphatic rings. The fourth-order valence-corrected chi connectivity index (χ4v) is 5.08. The van der Waals surface area contributed by atoms with E-state index in [-0.39, 0.29) is 17.7 Å². The van der Waals surface area contributed by atoms with Gasteiger partial charge < -0.3 is 20.1 Å². The number of fused-ring (bicyclic) bond motifs is 1. The summed E-state index contributed by atoms with van der Waals surface area (Å²) in [7, 11) is 3.23. The number of hydrogen-bond acceptors (Lipinski definition) is 5. The lowest BCUT2D eigenvalue weighted by Crippen LogP contribution is -2.26. The summed E-state index contributed by atoms with van der Waals surface area (Å²) in [6, 6.07) is 19.0. The van der Waals surface area contributed by atoms with Crippen LogP contribution in [0.15, 0.2) is 71.9 Å². The average Bonchev–Trinajstić information content (AvgIpc) is 3.02. The second-order valence-corrected chi connectivity index (χ2v) is 9.27. The maximum Gasteiger partial charge on any atom is 0.163 e. The molecule has 0 aromatic heterocycles. The van der Waals surface area contributed by atoms with Crippen LogP contribution in [-0.2, 0) is 4.79 Å². The molecule has 1 aliphatic carbocycles. The summed E-state index contributed by atoms with van der Waals surface area (Å²) in [5.41, 5.74) is 5.41. The third-order valence-corrected chi connectivity index (χ3v) is 7.20. The number of nitrogens with one attached hydrogen (secondary N) is 2. The van der Waals surface area contributed by atoms with E-state index in [1.54, 1.807) is 20.3 Å². The Balaban J connectivity index is 1.59. The van der Waals surface area contributed by atoms with E-state index in [1.165, 1.54) is 0 Å². The first-order valence-electron chi connectivity index (χ1n) is 11.0. The third kappa shape index (κ3) is 4.10. The second-order valence-electron chi connectivity index (χ2n) is 8.46. The van der Waals surface area contributed by atoms with Crippen molar-refractivity contribution < 1.29 is 14.3 Å². The molecule has 0 saturated carbocycles. The molecule has 1 aliphatic heterocycles. The normalized spacial score (nSPS) is 19.4. The van der Waals surface area contributed by atoms with Crippen molar-refractivity contribution in [2.45, 2.75) is 24.8 Å². The maximum atomic E-state index is 13.7. The Bertz CT molecular complexity index is 1300. The molecule has 0 radical (unpaired) electrons. The lowest BCUT2D eigenvalue weighted by atomic mass is 9.78. The molecule has 2 unspecified atom stereocenters. The van der Waals surface area contributed by atoms with E-state index in [0.717, 1.165) is 33.8 Å². The zero-order valence-electron chi connectivity index (χ0n) is 18.8. The van der Waals surface area contributed by atoms with Gasteiger partial charge in [-0.05, 0) is 59.9 Å². The largest absolute Gasteiger partial charge is 0.493 e. The number of benzene rings is 3. The highest BCUT2D eigenvalue weighted by Gasteiger charge is 2.36. The van der Waals surface area contributed by atoms with Gasteiger partial charge in [-0.1, -0.05) is 47.5 Å². The molecule has 2 atom stereocenters. The zero-order valence-corrected chi connectivity index (χ0v) is 20.3. The predicted octanol–water partition coefficient (Wildman–Crippen LogP) is 6.99. The monoisotopic (exact) mass is 494 g/mol. The van der Waals surface area contributed by atoms with Crippen LogP contribution in [0.25, 0.3) is 0 Å². The number of para-hydroxylation sites is 2. The van der Waals surface area contributed by atoms with Crippen molar-refractivity contribution in [1.82, 2.24) is 0 Å². The minimum atomic E-state index is -0.347. The van der Waals surface area contributed by atoms with Crippen molar-refractivity contribution in [1.29, 1.82) is 0 Å². The number of Topliss-reactive ketones (excluding diaryl/α,β-unsaturated/α-hetero) is 1. The van der Waals surface area contributed by atoms with E-state index < -0.39 is 0 Å². The van der Waals surface area contributed by atoms with E-state index in [1.807, 2.05) is 54.6 Å². The van der Waals surface area contributed by atoms with Crippen LogP contribution in [0, 0.1) is 0 Å². The lowest BCUT2D eigenvalue weighted by molar-refractivity contribution is -0.116. The first-order valence-corrected chi connectivity index (χ1v) is 11.8. The van der Waals surface area contributed by atoms with Gasteiger partial charge in [-0.2, -0.15) is 0 Å². The zero-order chi connectivity index (χ0) is 23.8. The Labute approximate surface area is 208 Å². The van der Waals surface area contributed by atoms with Gasteiger partial charge in [0.25, 0.3) is 0 Å². The number of anilines is 2. The van der Waals surface area contributed by atoms with Gasteiger partial charge in [-0.3, -0.25) is 4.79 Å². The summed E-state index contributed by atoms with van der Waals surface area (Å²) in [6.45, 7) is 0. The Morgan fingerprint density at radius 3 is 2.29 bits per heavy atom. The highest BCUT2D eigenvalue weighted by molar-refractivity contribution is 6.42. The molecule has 5 nitrogen and oxygen atoms in total. The van der Waals surface area contributed by atoms with E-state index in [0.29, 0.717) is 34.4 Å². The number of halogens is 2. The Morgan fingerprint density at radius 2 is 1.56 bits per heavy atom. The molecular formula is C27H24Cl2N2O3. The summed E-state index contributed by atoms with van der Waals surface area (Å²) in [6.07, 6.45) is 1.08. The quantitative estimate of drug-likeness (QED) is 0.409. The van der Waals surface area contributed by atoms with Gasteiger partial charge in [0.2, 0.25) is 0 Å². The van der Waals surface area contributed by atoms with Gasteiger partial charge in [-0.25, -0.2) is 0 Å². The van der Waals surface area contributed by atoms with E-state index >= 15 is 0 Å². The number of allylic oxidation sites excluding steroid dienone is 1. The number of ether oxygens (including phenoxy) is 2. The first kappa shape index (κ1) is 22.6. The molecule has 2 N–H and O–H groups in total. The molecule has 0 saturated heterocycles. The molecule has 1 heterocycles. The Kier molecular flexibility index (Phi) is 6.15. The summed E-state index contributed by atoms with van der Waals surface area (Å²) >= 11 is 12.5. The smallest absolute Gasteiger partial charge is 0.163 e. The number of ketones is 1. The second kappa shape index (κ2) is 9.24. The molecule has 3 aromatic carbocycles. The van der Waals surface area contributed by atoms with Gasteiger partial charge in [0.05, 0.1) is 41.7 Å². The van der Waals surface area contributed by atoms with Crippen LogP contribution in [0.1, 0.15) is 35.9 Å². The highest BCUT2D eigenvalue weighted by atomic mass is 35.5. The molecule has 0 fully saturated rings. The fourth-order valence-electron chi connectivity index (χ4n) is 4.78. The SMILES string of the molecule is COc1ccc(C2CC(=O)C3=C(C2)Nc2ccccc2NC3c2ccc(Cl)c(Cl)c2)cc1OC. The maximum absolute atomic E-state index is 13.7. The number of hydrogen-bond donors (Lipinski definition) is 2. The van der Waals surface area contributed by atoms with Crippen LogP contribution >= 0.6 is 23.2 Å². The summed E-state index contributed by atoms with van der Waals surface area (Å²) in [5, 5.41) is 8.05. The van der Waals surface area contributed by atoms with Crippen molar-refractivity contribution in [3.8, 4) is 11.5 Å². The van der Waals surface area contributed by atoms with Crippen LogP contribution in [0.4, 0.5) is 11.4 Å². The van der Waals surface area contributed by atoms with Crippen molar-refractivity contribution >= 4 is 40.4 Å². The molecule has 0 bridgehead atoms. The molecule has 174 valence electrons. The van der Waals surface area contributed by atoms with Gasteiger partial charge in [-0.15, -0.1) is 0 Å². The fraction of sp³-hybridized carbons (Fsp3) is 0.222. The molecule has 0 amide bonds. The van der Waals surface area contributed by atoms with E-state index in [4.69, 9.17) is 32.7 Å². The molecule has 7 heteroatoms. The number of carbonyl (C=O) groups is 1. The first-order chi connectivity index (χ1) is 16.5. The van der Waals surface area contributed by atoms with Crippen LogP contribution in [0.2, 0.25) is 10.0 Å². The summed E-state index contributed by atoms with van der Waals surface area (Å²) < 4.78 is 10.9. The number of carbonyl (C=O) groups excluding carboxylic acids is 1. The van der Waals surface area contributed by atoms with Crippen molar-refractivity contribution in [2.24, 2.45) is 0 Å². The molecule has 0 spiro atoms. The molecule has 34 heavy (non-hydrogen) atoms. The van der Waals surface area contributed by atoms with Gasteiger partial charge in [0.1, 0.15) is 0 Å². The van der Waals surface area contributed by atoms with Crippen LogP contribution in [0.3, 0.4) is 0 Å². The summed E-state index contributed by atoms with van der Waals surface area (Å²) in [5.74, 6) is 1.42. The predicted molar refractivity (Wildman–Crippen MR) is 136 cm³/mol. The molecular weight excluding hydrogens is 471 g/mol. The van der Waals surface area contributed by atoms with Gasteiger partial charge in [0.15, 0.2) is 17.3 Å². The topological polar surface area (TPSA) is 59.6 Å². The third-order valence-electron chi connectivity index (χ3n) is 6.46. The summed E-state index contributed by atoms with van der Waals surface area (Å²) in [4.78, 5) is 13.7. The van der Waals surface area contributed by atoms with Crippen LogP contribution < -0.4 is 20.1 Å². The minimum Gasteiger partial charge on any atom is -0.493 e. The van der Waals surface area contributed by atoms with Crippen molar-refractivity contribution in [3.05, 3.63) is 93.1 Å². The Hall–Kier alpha value is -3.15. The van der Waals surface area contributed by atoms with Crippen LogP contribution in [0.5, 0.6) is 11.5 Å². The number of methoxy groups -OCH3 is 2. The minimum absolute atomic E-state index is 0.0123. The highest BCUT2D eigenvalue weighted by Crippen LogP contribution is 2.45. The average molecular weight is 495 g/mol. The standard InChI is InChI=1S/C27H24Cl2N2O3/c1-33-24-10-8-15(14-25(24)34-2)17-12-22-26(23(32)13-17)27(16-7-9-18(28)19(29)11-16)31-21-6-4-3-5-20(21)30-22/h3-11,14,17,27,30-31H,12-13H2,1-2H3. The van der Waals surface area contributed by atoms with Crippen molar-refractivity contribution in [2.75, 3.05) is 24.9 Å². The van der Waals surface area contributed by atoms with Gasteiger partial charge >= 0.3 is 0 Å². The van der Waals surface area contributed by atoms with E-state index in [9.17, 15) is 4.79 Å². The molecule has 5 rings (SSSR count). The van der Waals surface area contributed by atoms with Crippen molar-refractivity contribution in [3.63, 3.8) is 0 Å². The van der Waals surface area contributed by atoms with E-state index in [2.05, 4.69) is 10.6 Å². The lowest BCUT2D eigenvalue weighted by Gasteiger charge is -2.30. The molecule has 3 aromatic rings. The Morgan fingerprint density at radius 1 is 0.824 bits per heavy atom.